The molecule has 0 fully saturated rings. The minimum absolute atomic E-state index is 0.258. The van der Waals surface area contributed by atoms with Crippen molar-refractivity contribution in [2.75, 3.05) is 14.2 Å². The second kappa shape index (κ2) is 8.77. The summed E-state index contributed by atoms with van der Waals surface area (Å²) in [5, 5.41) is 11.7. The predicted octanol–water partition coefficient (Wildman–Crippen LogP) is 3.22. The fourth-order valence-corrected chi connectivity index (χ4v) is 2.45. The Hall–Kier alpha value is -3.20. The van der Waals surface area contributed by atoms with E-state index in [1.165, 1.54) is 0 Å². The number of nitriles is 1. The number of hydrogen-bond acceptors (Lipinski definition) is 5. The molecule has 0 aromatic heterocycles. The van der Waals surface area contributed by atoms with Crippen molar-refractivity contribution in [2.24, 2.45) is 0 Å². The largest absolute Gasteiger partial charge is 0.497 e. The molecule has 0 saturated carbocycles. The highest BCUT2D eigenvalue weighted by Crippen LogP contribution is 2.29. The third-order valence-electron chi connectivity index (χ3n) is 3.93. The van der Waals surface area contributed by atoms with Gasteiger partial charge in [0, 0.05) is 5.56 Å². The van der Waals surface area contributed by atoms with E-state index in [-0.39, 0.29) is 11.9 Å². The van der Waals surface area contributed by atoms with Crippen molar-refractivity contribution < 1.29 is 19.0 Å². The van der Waals surface area contributed by atoms with E-state index in [4.69, 9.17) is 19.5 Å². The molecule has 0 saturated heterocycles. The lowest BCUT2D eigenvalue weighted by Gasteiger charge is -2.21. The maximum atomic E-state index is 12.4. The van der Waals surface area contributed by atoms with Gasteiger partial charge in [-0.05, 0) is 56.3 Å². The fraction of sp³-hybridized carbons (Fsp3) is 0.300. The van der Waals surface area contributed by atoms with Crippen molar-refractivity contribution in [3.63, 3.8) is 0 Å². The maximum absolute atomic E-state index is 12.4. The van der Waals surface area contributed by atoms with Crippen LogP contribution in [0.1, 0.15) is 31.0 Å². The molecule has 6 nitrogen and oxygen atoms in total. The third-order valence-corrected chi connectivity index (χ3v) is 3.93. The maximum Gasteiger partial charge on any atom is 0.261 e. The molecule has 26 heavy (non-hydrogen) atoms. The number of rotatable bonds is 7. The Morgan fingerprint density at radius 1 is 1.04 bits per heavy atom. The lowest BCUT2D eigenvalue weighted by Crippen LogP contribution is -2.37. The van der Waals surface area contributed by atoms with Gasteiger partial charge in [0.2, 0.25) is 0 Å². The zero-order valence-electron chi connectivity index (χ0n) is 15.3. The first kappa shape index (κ1) is 19.1. The van der Waals surface area contributed by atoms with Gasteiger partial charge >= 0.3 is 0 Å². The van der Waals surface area contributed by atoms with E-state index in [9.17, 15) is 4.79 Å². The van der Waals surface area contributed by atoms with Gasteiger partial charge in [0.05, 0.1) is 31.9 Å². The molecule has 0 aliphatic heterocycles. The van der Waals surface area contributed by atoms with Crippen LogP contribution in [0, 0.1) is 11.3 Å². The van der Waals surface area contributed by atoms with Gasteiger partial charge in [-0.2, -0.15) is 5.26 Å². The first-order valence-corrected chi connectivity index (χ1v) is 8.17. The van der Waals surface area contributed by atoms with Gasteiger partial charge in [-0.3, -0.25) is 4.79 Å². The van der Waals surface area contributed by atoms with Gasteiger partial charge in [0.25, 0.3) is 5.91 Å². The molecule has 1 amide bonds. The van der Waals surface area contributed by atoms with Crippen molar-refractivity contribution in [3.8, 4) is 23.3 Å². The molecule has 0 bridgehead atoms. The number of carbonyl (C=O) groups excluding carboxylic acids is 1. The van der Waals surface area contributed by atoms with Crippen molar-refractivity contribution in [1.82, 2.24) is 5.32 Å². The van der Waals surface area contributed by atoms with Crippen LogP contribution in [-0.2, 0) is 4.79 Å². The number of nitrogens with zero attached hydrogens (tertiary/aromatic N) is 1. The van der Waals surface area contributed by atoms with Gasteiger partial charge in [0.15, 0.2) is 6.10 Å². The van der Waals surface area contributed by atoms with Gasteiger partial charge < -0.3 is 19.5 Å². The van der Waals surface area contributed by atoms with Crippen LogP contribution in [0.5, 0.6) is 17.2 Å². The molecule has 6 heteroatoms. The van der Waals surface area contributed by atoms with Crippen molar-refractivity contribution in [2.45, 2.75) is 26.0 Å². The average Bonchev–Trinajstić information content (AvgIpc) is 2.67. The molecule has 2 atom stereocenters. The minimum atomic E-state index is -0.693. The summed E-state index contributed by atoms with van der Waals surface area (Å²) in [5.74, 6) is 1.62. The summed E-state index contributed by atoms with van der Waals surface area (Å²) in [7, 11) is 3.17. The molecule has 2 aromatic carbocycles. The summed E-state index contributed by atoms with van der Waals surface area (Å²) in [6.45, 7) is 3.53. The van der Waals surface area contributed by atoms with Crippen LogP contribution in [-0.4, -0.2) is 26.2 Å². The summed E-state index contributed by atoms with van der Waals surface area (Å²) < 4.78 is 16.2. The minimum Gasteiger partial charge on any atom is -0.497 e. The standard InChI is InChI=1S/C20H22N2O4/c1-13(18-11-17(24-3)9-10-19(18)25-4)22-20(23)14(2)26-16-7-5-15(12-21)6-8-16/h5-11,13-14H,1-4H3,(H,22,23). The Bertz CT molecular complexity index is 796. The zero-order chi connectivity index (χ0) is 19.1. The SMILES string of the molecule is COc1ccc(OC)c(C(C)NC(=O)C(C)Oc2ccc(C#N)cc2)c1. The number of nitrogens with one attached hydrogen (secondary N) is 1. The van der Waals surface area contributed by atoms with E-state index >= 15 is 0 Å². The van der Waals surface area contributed by atoms with Crippen LogP contribution in [0.3, 0.4) is 0 Å². The van der Waals surface area contributed by atoms with Crippen LogP contribution < -0.4 is 19.5 Å². The number of carbonyl (C=O) groups is 1. The van der Waals surface area contributed by atoms with Gasteiger partial charge in [-0.1, -0.05) is 0 Å². The number of ether oxygens (including phenoxy) is 3. The van der Waals surface area contributed by atoms with E-state index in [0.717, 1.165) is 5.56 Å². The molecule has 0 radical (unpaired) electrons. The topological polar surface area (TPSA) is 80.6 Å². The molecule has 0 aliphatic rings. The highest BCUT2D eigenvalue weighted by Gasteiger charge is 2.20. The number of benzene rings is 2. The van der Waals surface area contributed by atoms with Gasteiger partial charge in [-0.15, -0.1) is 0 Å². The lowest BCUT2D eigenvalue weighted by atomic mass is 10.1. The quantitative estimate of drug-likeness (QED) is 0.826. The molecule has 0 spiro atoms. The summed E-state index contributed by atoms with van der Waals surface area (Å²) in [6.07, 6.45) is -0.693. The molecule has 136 valence electrons. The van der Waals surface area contributed by atoms with Crippen LogP contribution in [0.2, 0.25) is 0 Å². The van der Waals surface area contributed by atoms with Crippen molar-refractivity contribution in [1.29, 1.82) is 5.26 Å². The molecule has 2 unspecified atom stereocenters. The summed E-state index contributed by atoms with van der Waals surface area (Å²) >= 11 is 0. The van der Waals surface area contributed by atoms with Gasteiger partial charge in [0.1, 0.15) is 17.2 Å². The Morgan fingerprint density at radius 2 is 1.69 bits per heavy atom. The molecule has 0 heterocycles. The number of hydrogen-bond donors (Lipinski definition) is 1. The molecular formula is C20H22N2O4. The van der Waals surface area contributed by atoms with E-state index in [1.807, 2.05) is 19.1 Å². The summed E-state index contributed by atoms with van der Waals surface area (Å²) in [5.41, 5.74) is 1.35. The van der Waals surface area contributed by atoms with E-state index in [0.29, 0.717) is 22.8 Å². The average molecular weight is 354 g/mol. The highest BCUT2D eigenvalue weighted by molar-refractivity contribution is 5.81. The summed E-state index contributed by atoms with van der Waals surface area (Å²) in [4.78, 5) is 12.4. The Balaban J connectivity index is 2.04. The zero-order valence-corrected chi connectivity index (χ0v) is 15.3. The first-order chi connectivity index (χ1) is 12.5. The second-order valence-electron chi connectivity index (χ2n) is 5.73. The predicted molar refractivity (Wildman–Crippen MR) is 97.4 cm³/mol. The van der Waals surface area contributed by atoms with Crippen LogP contribution >= 0.6 is 0 Å². The van der Waals surface area contributed by atoms with Crippen LogP contribution in [0.25, 0.3) is 0 Å². The smallest absolute Gasteiger partial charge is 0.261 e. The van der Waals surface area contributed by atoms with Crippen molar-refractivity contribution in [3.05, 3.63) is 53.6 Å². The van der Waals surface area contributed by atoms with E-state index < -0.39 is 6.10 Å². The molecule has 2 aromatic rings. The lowest BCUT2D eigenvalue weighted by molar-refractivity contribution is -0.127. The fourth-order valence-electron chi connectivity index (χ4n) is 2.45. The van der Waals surface area contributed by atoms with Crippen LogP contribution in [0.4, 0.5) is 0 Å². The normalized spacial score (nSPS) is 12.4. The Morgan fingerprint density at radius 3 is 2.27 bits per heavy atom. The molecular weight excluding hydrogens is 332 g/mol. The van der Waals surface area contributed by atoms with E-state index in [2.05, 4.69) is 5.32 Å². The first-order valence-electron chi connectivity index (χ1n) is 8.17. The van der Waals surface area contributed by atoms with Crippen molar-refractivity contribution >= 4 is 5.91 Å². The Labute approximate surface area is 153 Å². The van der Waals surface area contributed by atoms with Gasteiger partial charge in [-0.25, -0.2) is 0 Å². The molecule has 1 N–H and O–H groups in total. The number of methoxy groups -OCH3 is 2. The highest BCUT2D eigenvalue weighted by atomic mass is 16.5. The molecule has 2 rings (SSSR count). The molecule has 0 aliphatic carbocycles. The number of amides is 1. The summed E-state index contributed by atoms with van der Waals surface area (Å²) in [6, 6.07) is 13.8. The Kier molecular flexibility index (Phi) is 6.45. The van der Waals surface area contributed by atoms with Crippen LogP contribution in [0.15, 0.2) is 42.5 Å². The monoisotopic (exact) mass is 354 g/mol. The third kappa shape index (κ3) is 4.67. The van der Waals surface area contributed by atoms with E-state index in [1.54, 1.807) is 57.5 Å². The second-order valence-corrected chi connectivity index (χ2v) is 5.73.